The Balaban J connectivity index is 2.27. The molecular weight excluding hydrogens is 435 g/mol. The van der Waals surface area contributed by atoms with Gasteiger partial charge in [-0.15, -0.1) is 0 Å². The smallest absolute Gasteiger partial charge is 0.310 e. The Morgan fingerprint density at radius 2 is 1.73 bits per heavy atom. The molecule has 1 aliphatic rings. The molecule has 2 rings (SSSR count). The average molecular weight is 460 g/mol. The minimum absolute atomic E-state index is 0.00845. The number of rotatable bonds is 6. The van der Waals surface area contributed by atoms with Gasteiger partial charge in [0.2, 0.25) is 11.8 Å². The molecule has 0 saturated carbocycles. The lowest BCUT2D eigenvalue weighted by molar-refractivity contribution is -0.135. The zero-order valence-corrected chi connectivity index (χ0v) is 17.6. The van der Waals surface area contributed by atoms with Crippen molar-refractivity contribution in [2.45, 2.75) is 49.1 Å². The van der Waals surface area contributed by atoms with Gasteiger partial charge in [0.1, 0.15) is 11.2 Å². The van der Waals surface area contributed by atoms with Crippen LogP contribution in [-0.2, 0) is 9.59 Å². The van der Waals surface area contributed by atoms with E-state index in [2.05, 4.69) is 16.0 Å². The fourth-order valence-electron chi connectivity index (χ4n) is 2.96. The summed E-state index contributed by atoms with van der Waals surface area (Å²) in [5.41, 5.74) is -1.66. The third-order valence-electron chi connectivity index (χ3n) is 4.53. The number of amides is 2. The summed E-state index contributed by atoms with van der Waals surface area (Å²) in [6.07, 6.45) is -0.822. The fourth-order valence-corrected chi connectivity index (χ4v) is 3.61. The lowest BCUT2D eigenvalue weighted by Gasteiger charge is -2.41. The van der Waals surface area contributed by atoms with E-state index in [1.165, 1.54) is 13.8 Å². The first-order chi connectivity index (χ1) is 13.3. The van der Waals surface area contributed by atoms with E-state index in [9.17, 15) is 34.1 Å². The maximum Gasteiger partial charge on any atom is 0.310 e. The van der Waals surface area contributed by atoms with Crippen molar-refractivity contribution in [1.82, 2.24) is 20.9 Å². The number of benzene rings is 1. The number of aliphatic hydroxyl groups is 1. The number of hydrogen-bond acceptors (Lipinski definition) is 5. The Morgan fingerprint density at radius 3 is 2.17 bits per heavy atom. The van der Waals surface area contributed by atoms with Gasteiger partial charge in [0.15, 0.2) is 0 Å². The van der Waals surface area contributed by atoms with Gasteiger partial charge in [-0.05, 0) is 45.6 Å². The van der Waals surface area contributed by atoms with Gasteiger partial charge >= 0.3 is 10.2 Å². The summed E-state index contributed by atoms with van der Waals surface area (Å²) in [4.78, 5) is 24.1. The molecule has 1 aliphatic heterocycles. The molecule has 7 nitrogen and oxygen atoms in total. The number of nitrogens with zero attached hydrogens (tertiary/aromatic N) is 1. The molecular formula is C17H25F5N4O3S. The van der Waals surface area contributed by atoms with Gasteiger partial charge in [-0.3, -0.25) is 19.8 Å². The molecule has 1 heterocycles. The first kappa shape index (κ1) is 24.3. The summed E-state index contributed by atoms with van der Waals surface area (Å²) in [7, 11) is -6.51. The summed E-state index contributed by atoms with van der Waals surface area (Å²) in [5.74, 6) is -1.08. The summed E-state index contributed by atoms with van der Waals surface area (Å²) in [5, 5.41) is 18.4. The molecule has 0 aromatic heterocycles. The summed E-state index contributed by atoms with van der Waals surface area (Å²) < 4.78 is 64.7. The minimum atomic E-state index is -9.84. The van der Waals surface area contributed by atoms with Crippen LogP contribution < -0.4 is 16.0 Å². The predicted octanol–water partition coefficient (Wildman–Crippen LogP) is 2.60. The van der Waals surface area contributed by atoms with Crippen LogP contribution in [0.4, 0.5) is 19.4 Å². The zero-order chi connectivity index (χ0) is 23.2. The molecule has 30 heavy (non-hydrogen) atoms. The van der Waals surface area contributed by atoms with Crippen molar-refractivity contribution in [3.8, 4) is 0 Å². The van der Waals surface area contributed by atoms with Crippen LogP contribution in [0, 0.1) is 0 Å². The number of hydrogen-bond donors (Lipinski definition) is 4. The van der Waals surface area contributed by atoms with Crippen molar-refractivity contribution in [2.75, 3.05) is 14.1 Å². The van der Waals surface area contributed by atoms with Crippen LogP contribution in [0.2, 0.25) is 0 Å². The van der Waals surface area contributed by atoms with Crippen molar-refractivity contribution in [3.05, 3.63) is 29.8 Å². The van der Waals surface area contributed by atoms with Gasteiger partial charge in [0.25, 0.3) is 0 Å². The highest BCUT2D eigenvalue weighted by molar-refractivity contribution is 8.45. The molecule has 0 bridgehead atoms. The quantitative estimate of drug-likeness (QED) is 0.490. The maximum atomic E-state index is 12.9. The molecule has 2 amide bonds. The van der Waals surface area contributed by atoms with Gasteiger partial charge in [-0.2, -0.15) is 0 Å². The first-order valence-corrected chi connectivity index (χ1v) is 10.8. The molecule has 0 aliphatic carbocycles. The van der Waals surface area contributed by atoms with E-state index in [-0.39, 0.29) is 24.1 Å². The topological polar surface area (TPSA) is 93.7 Å². The van der Waals surface area contributed by atoms with Crippen LogP contribution in [0.25, 0.3) is 0 Å². The van der Waals surface area contributed by atoms with E-state index in [0.29, 0.717) is 0 Å². The van der Waals surface area contributed by atoms with Crippen molar-refractivity contribution in [1.29, 1.82) is 0 Å². The van der Waals surface area contributed by atoms with Crippen LogP contribution in [0.5, 0.6) is 0 Å². The van der Waals surface area contributed by atoms with Crippen LogP contribution in [0.3, 0.4) is 0 Å². The molecule has 4 N–H and O–H groups in total. The van der Waals surface area contributed by atoms with E-state index in [4.69, 9.17) is 0 Å². The number of nitrogens with one attached hydrogen (secondary N) is 3. The van der Waals surface area contributed by atoms with E-state index < -0.39 is 50.9 Å². The average Bonchev–Trinajstić information content (AvgIpc) is 2.56. The molecule has 3 atom stereocenters. The van der Waals surface area contributed by atoms with E-state index in [1.807, 2.05) is 0 Å². The molecule has 1 aromatic carbocycles. The molecule has 172 valence electrons. The molecule has 1 saturated heterocycles. The van der Waals surface area contributed by atoms with Gasteiger partial charge in [-0.25, -0.2) is 0 Å². The largest absolute Gasteiger partial charge is 0.388 e. The molecule has 0 spiro atoms. The van der Waals surface area contributed by atoms with E-state index in [1.54, 1.807) is 19.0 Å². The Hall–Kier alpha value is -1.96. The molecule has 1 fully saturated rings. The fraction of sp³-hybridized carbons (Fsp3) is 0.529. The van der Waals surface area contributed by atoms with Gasteiger partial charge in [-0.1, -0.05) is 31.6 Å². The first-order valence-electron chi connectivity index (χ1n) is 8.86. The SMILES string of the molecule is CN(C)C1NC(=O)CC(C(=O)N[C@@H](c2ccc(S(F)(F)(F)(F)F)cc2)C(C)(C)O)N1. The lowest BCUT2D eigenvalue weighted by Crippen LogP contribution is -2.65. The second-order valence-electron chi connectivity index (χ2n) is 7.99. The Kier molecular flexibility index (Phi) is 5.70. The summed E-state index contributed by atoms with van der Waals surface area (Å²) in [6.45, 7) is 2.61. The van der Waals surface area contributed by atoms with Gasteiger partial charge in [0, 0.05) is 0 Å². The van der Waals surface area contributed by atoms with Crippen molar-refractivity contribution in [3.63, 3.8) is 0 Å². The Bertz CT molecular complexity index is 825. The third kappa shape index (κ3) is 6.03. The lowest BCUT2D eigenvalue weighted by atomic mass is 9.91. The van der Waals surface area contributed by atoms with Crippen molar-refractivity contribution in [2.24, 2.45) is 0 Å². The number of halogens is 5. The maximum absolute atomic E-state index is 12.9. The molecule has 1 aromatic rings. The van der Waals surface area contributed by atoms with Crippen LogP contribution >= 0.6 is 10.2 Å². The normalized spacial score (nSPS) is 23.9. The zero-order valence-electron chi connectivity index (χ0n) is 16.8. The third-order valence-corrected chi connectivity index (χ3v) is 5.69. The molecule has 13 heteroatoms. The molecule has 0 radical (unpaired) electrons. The minimum Gasteiger partial charge on any atom is -0.388 e. The van der Waals surface area contributed by atoms with Crippen molar-refractivity contribution < 1.29 is 34.1 Å². The predicted molar refractivity (Wildman–Crippen MR) is 102 cm³/mol. The van der Waals surface area contributed by atoms with E-state index >= 15 is 0 Å². The standard InChI is InChI=1S/C17H25F5N4O3S/c1-17(2,29)14(10-5-7-11(8-6-10)30(18,19,20,21)22)25-15(28)12-9-13(27)24-16(23-12)26(3)4/h5-8,12,14,16,23,29H,9H2,1-4H3,(H,24,27)(H,25,28)/t12?,14-,16?/m0/s1. The van der Waals surface area contributed by atoms with Crippen molar-refractivity contribution >= 4 is 22.0 Å². The highest BCUT2D eigenvalue weighted by Crippen LogP contribution is 3.02. The summed E-state index contributed by atoms with van der Waals surface area (Å²) >= 11 is 0. The van der Waals surface area contributed by atoms with Gasteiger partial charge < -0.3 is 15.7 Å². The van der Waals surface area contributed by atoms with Crippen LogP contribution in [0.1, 0.15) is 31.9 Å². The highest BCUT2D eigenvalue weighted by atomic mass is 32.5. The highest BCUT2D eigenvalue weighted by Gasteiger charge is 2.65. The second kappa shape index (κ2) is 7.04. The van der Waals surface area contributed by atoms with Crippen LogP contribution in [-0.4, -0.2) is 53.8 Å². The van der Waals surface area contributed by atoms with E-state index in [0.717, 1.165) is 12.1 Å². The molecule has 2 unspecified atom stereocenters. The second-order valence-corrected chi connectivity index (χ2v) is 10.4. The Morgan fingerprint density at radius 1 is 1.20 bits per heavy atom. The number of carbonyl (C=O) groups excluding carboxylic acids is 2. The Labute approximate surface area is 170 Å². The summed E-state index contributed by atoms with van der Waals surface area (Å²) in [6, 6.07) is -0.201. The monoisotopic (exact) mass is 460 g/mol. The van der Waals surface area contributed by atoms with Crippen LogP contribution in [0.15, 0.2) is 29.2 Å². The number of carbonyl (C=O) groups is 2. The van der Waals surface area contributed by atoms with Gasteiger partial charge in [0.05, 0.1) is 24.1 Å².